The molecule has 0 spiro atoms. The second-order valence-electron chi connectivity index (χ2n) is 3.41. The van der Waals surface area contributed by atoms with Gasteiger partial charge in [-0.15, -0.1) is 11.3 Å². The lowest BCUT2D eigenvalue weighted by Crippen LogP contribution is -2.16. The normalized spacial score (nSPS) is 12.7. The Kier molecular flexibility index (Phi) is 4.24. The van der Waals surface area contributed by atoms with Crippen LogP contribution in [0.1, 0.15) is 16.5 Å². The van der Waals surface area contributed by atoms with Crippen LogP contribution in [-0.2, 0) is 0 Å². The van der Waals surface area contributed by atoms with Gasteiger partial charge in [0.25, 0.3) is 0 Å². The second-order valence-corrected chi connectivity index (χ2v) is 5.96. The van der Waals surface area contributed by atoms with E-state index in [2.05, 4.69) is 57.6 Å². The maximum absolute atomic E-state index is 6.14. The molecule has 0 radical (unpaired) electrons. The summed E-state index contributed by atoms with van der Waals surface area (Å²) in [6.07, 6.45) is 0. The van der Waals surface area contributed by atoms with Gasteiger partial charge in [-0.1, -0.05) is 23.7 Å². The Morgan fingerprint density at radius 1 is 1.38 bits per heavy atom. The first-order chi connectivity index (χ1) is 7.72. The molecule has 0 aliphatic rings. The molecule has 1 heterocycles. The van der Waals surface area contributed by atoms with E-state index in [-0.39, 0.29) is 6.04 Å². The molecule has 1 aromatic carbocycles. The van der Waals surface area contributed by atoms with Crippen LogP contribution in [0.2, 0.25) is 5.02 Å². The van der Waals surface area contributed by atoms with Gasteiger partial charge < -0.3 is 5.32 Å². The van der Waals surface area contributed by atoms with Gasteiger partial charge >= 0.3 is 0 Å². The Bertz CT molecular complexity index is 470. The van der Waals surface area contributed by atoms with E-state index in [1.54, 1.807) is 11.3 Å². The summed E-state index contributed by atoms with van der Waals surface area (Å²) in [6.45, 7) is 0. The predicted octanol–water partition coefficient (Wildman–Crippen LogP) is 4.31. The average Bonchev–Trinajstić information content (AvgIpc) is 2.78. The summed E-state index contributed by atoms with van der Waals surface area (Å²) >= 11 is 10.1. The van der Waals surface area contributed by atoms with Gasteiger partial charge in [-0.3, -0.25) is 0 Å². The first-order valence-corrected chi connectivity index (χ1v) is 7.21. The number of thiophene rings is 1. The van der Waals surface area contributed by atoms with Crippen LogP contribution in [0.4, 0.5) is 0 Å². The van der Waals surface area contributed by atoms with Crippen LogP contribution in [-0.4, -0.2) is 7.05 Å². The molecule has 0 fully saturated rings. The zero-order valence-electron chi connectivity index (χ0n) is 8.71. The smallest absolute Gasteiger partial charge is 0.0669 e. The minimum Gasteiger partial charge on any atom is -0.309 e. The molecule has 1 atom stereocenters. The molecular weight excluding hydrogens is 353 g/mol. The van der Waals surface area contributed by atoms with E-state index in [1.807, 2.05) is 13.1 Å². The largest absolute Gasteiger partial charge is 0.309 e. The van der Waals surface area contributed by atoms with E-state index in [0.717, 1.165) is 8.59 Å². The van der Waals surface area contributed by atoms with Crippen LogP contribution < -0.4 is 5.32 Å². The van der Waals surface area contributed by atoms with Gasteiger partial charge in [0.15, 0.2) is 0 Å². The van der Waals surface area contributed by atoms with Crippen molar-refractivity contribution in [2.45, 2.75) is 6.04 Å². The van der Waals surface area contributed by atoms with Crippen molar-refractivity contribution in [3.63, 3.8) is 0 Å². The van der Waals surface area contributed by atoms with Crippen molar-refractivity contribution in [3.8, 4) is 0 Å². The Morgan fingerprint density at radius 2 is 2.19 bits per heavy atom. The lowest BCUT2D eigenvalue weighted by Gasteiger charge is -2.15. The lowest BCUT2D eigenvalue weighted by molar-refractivity contribution is 0.704. The van der Waals surface area contributed by atoms with Gasteiger partial charge in [-0.05, 0) is 58.8 Å². The van der Waals surface area contributed by atoms with Crippen molar-refractivity contribution in [1.29, 1.82) is 0 Å². The van der Waals surface area contributed by atoms with Crippen molar-refractivity contribution in [1.82, 2.24) is 5.32 Å². The summed E-state index contributed by atoms with van der Waals surface area (Å²) < 4.78 is 1.09. The summed E-state index contributed by atoms with van der Waals surface area (Å²) in [4.78, 5) is 1.31. The quantitative estimate of drug-likeness (QED) is 0.801. The van der Waals surface area contributed by atoms with E-state index < -0.39 is 0 Å². The molecule has 4 heteroatoms. The standard InChI is InChI=1S/C12H11ClINS/c1-15-12(11-3-2-6-16-11)8-4-5-10(14)9(13)7-8/h2-7,12,15H,1H3. The summed E-state index contributed by atoms with van der Waals surface area (Å²) in [5.74, 6) is 0. The molecule has 0 saturated carbocycles. The molecule has 1 aromatic heterocycles. The van der Waals surface area contributed by atoms with Crippen LogP contribution in [0.3, 0.4) is 0 Å². The van der Waals surface area contributed by atoms with E-state index in [0.29, 0.717) is 0 Å². The minimum atomic E-state index is 0.231. The van der Waals surface area contributed by atoms with Crippen molar-refractivity contribution in [3.05, 3.63) is 54.7 Å². The molecule has 0 aliphatic carbocycles. The molecule has 0 saturated heterocycles. The topological polar surface area (TPSA) is 12.0 Å². The van der Waals surface area contributed by atoms with Crippen LogP contribution >= 0.6 is 45.5 Å². The molecule has 16 heavy (non-hydrogen) atoms. The van der Waals surface area contributed by atoms with Gasteiger partial charge in [-0.2, -0.15) is 0 Å². The molecule has 0 aliphatic heterocycles. The molecule has 84 valence electrons. The van der Waals surface area contributed by atoms with E-state index >= 15 is 0 Å². The third-order valence-corrected chi connectivity index (χ3v) is 4.90. The Hall–Kier alpha value is -0.100. The van der Waals surface area contributed by atoms with Crippen LogP contribution in [0.25, 0.3) is 0 Å². The van der Waals surface area contributed by atoms with E-state index in [1.165, 1.54) is 10.4 Å². The fraction of sp³-hybridized carbons (Fsp3) is 0.167. The van der Waals surface area contributed by atoms with Gasteiger partial charge in [0.1, 0.15) is 0 Å². The van der Waals surface area contributed by atoms with E-state index in [9.17, 15) is 0 Å². The zero-order valence-corrected chi connectivity index (χ0v) is 12.4. The number of hydrogen-bond donors (Lipinski definition) is 1. The first-order valence-electron chi connectivity index (χ1n) is 4.88. The highest BCUT2D eigenvalue weighted by atomic mass is 127. The SMILES string of the molecule is CNC(c1ccc(I)c(Cl)c1)c1cccs1. The first kappa shape index (κ1) is 12.4. The predicted molar refractivity (Wildman–Crippen MR) is 79.4 cm³/mol. The highest BCUT2D eigenvalue weighted by Gasteiger charge is 2.13. The van der Waals surface area contributed by atoms with Crippen molar-refractivity contribution >= 4 is 45.5 Å². The molecule has 1 nitrogen and oxygen atoms in total. The highest BCUT2D eigenvalue weighted by Crippen LogP contribution is 2.29. The summed E-state index contributed by atoms with van der Waals surface area (Å²) in [5.41, 5.74) is 1.20. The van der Waals surface area contributed by atoms with Crippen molar-refractivity contribution in [2.75, 3.05) is 7.05 Å². The molecule has 2 aromatic rings. The van der Waals surface area contributed by atoms with Gasteiger partial charge in [0.05, 0.1) is 11.1 Å². The van der Waals surface area contributed by atoms with Gasteiger partial charge in [0.2, 0.25) is 0 Å². The molecule has 1 N–H and O–H groups in total. The van der Waals surface area contributed by atoms with E-state index in [4.69, 9.17) is 11.6 Å². The van der Waals surface area contributed by atoms with Gasteiger partial charge in [0, 0.05) is 8.45 Å². The van der Waals surface area contributed by atoms with Crippen molar-refractivity contribution < 1.29 is 0 Å². The monoisotopic (exact) mass is 363 g/mol. The zero-order chi connectivity index (χ0) is 11.5. The van der Waals surface area contributed by atoms with Crippen LogP contribution in [0, 0.1) is 3.57 Å². The van der Waals surface area contributed by atoms with Crippen LogP contribution in [0.5, 0.6) is 0 Å². The molecule has 1 unspecified atom stereocenters. The molecule has 0 bridgehead atoms. The number of hydrogen-bond acceptors (Lipinski definition) is 2. The third-order valence-electron chi connectivity index (χ3n) is 2.39. The Labute approximate surface area is 118 Å². The maximum Gasteiger partial charge on any atom is 0.0669 e. The third kappa shape index (κ3) is 2.59. The number of benzene rings is 1. The van der Waals surface area contributed by atoms with Gasteiger partial charge in [-0.25, -0.2) is 0 Å². The number of halogens is 2. The average molecular weight is 364 g/mol. The number of nitrogens with one attached hydrogen (secondary N) is 1. The van der Waals surface area contributed by atoms with Crippen LogP contribution in [0.15, 0.2) is 35.7 Å². The summed E-state index contributed by atoms with van der Waals surface area (Å²) in [5, 5.41) is 6.22. The molecular formula is C12H11ClINS. The lowest BCUT2D eigenvalue weighted by atomic mass is 10.1. The second kappa shape index (κ2) is 5.49. The van der Waals surface area contributed by atoms with Crippen molar-refractivity contribution in [2.24, 2.45) is 0 Å². The number of rotatable bonds is 3. The minimum absolute atomic E-state index is 0.231. The molecule has 0 amide bonds. The molecule has 2 rings (SSSR count). The summed E-state index contributed by atoms with van der Waals surface area (Å²) in [7, 11) is 1.97. The maximum atomic E-state index is 6.14. The Morgan fingerprint density at radius 3 is 2.75 bits per heavy atom. The summed E-state index contributed by atoms with van der Waals surface area (Å²) in [6, 6.07) is 10.6. The fourth-order valence-corrected chi connectivity index (χ4v) is 3.01. The fourth-order valence-electron chi connectivity index (χ4n) is 1.62. The highest BCUT2D eigenvalue weighted by molar-refractivity contribution is 14.1. The Balaban J connectivity index is 2.37.